The average Bonchev–Trinajstić information content (AvgIpc) is 2.50. The molecule has 21 heavy (non-hydrogen) atoms. The minimum Gasteiger partial charge on any atom is -0.480 e. The van der Waals surface area contributed by atoms with Crippen LogP contribution in [0, 0.1) is 0 Å². The number of carboxylic acids is 1. The van der Waals surface area contributed by atoms with Gasteiger partial charge < -0.3 is 9.84 Å². The molecule has 1 N–H and O–H groups in total. The standard InChI is InChI=1S/C17H25NO3/c1-2-16(17(19)20)18-11-8-15(9-12-18)21-13-10-14-6-4-3-5-7-14/h3-7,15-16H,2,8-13H2,1H3,(H,19,20)/t16-/m0/s1. The van der Waals surface area contributed by atoms with Crippen molar-refractivity contribution in [2.24, 2.45) is 0 Å². The highest BCUT2D eigenvalue weighted by atomic mass is 16.5. The molecule has 1 aromatic carbocycles. The van der Waals surface area contributed by atoms with E-state index in [1.165, 1.54) is 5.56 Å². The van der Waals surface area contributed by atoms with E-state index in [0.717, 1.165) is 39.0 Å². The van der Waals surface area contributed by atoms with E-state index < -0.39 is 5.97 Å². The highest BCUT2D eigenvalue weighted by Gasteiger charge is 2.28. The number of carbonyl (C=O) groups is 1. The Morgan fingerprint density at radius 2 is 2.00 bits per heavy atom. The number of hydrogen-bond acceptors (Lipinski definition) is 3. The zero-order valence-corrected chi connectivity index (χ0v) is 12.7. The Kier molecular flexibility index (Phi) is 6.21. The number of aliphatic carboxylic acids is 1. The third kappa shape index (κ3) is 4.83. The normalized spacial score (nSPS) is 18.5. The average molecular weight is 291 g/mol. The predicted octanol–water partition coefficient (Wildman–Crippen LogP) is 2.57. The van der Waals surface area contributed by atoms with Crippen LogP contribution in [-0.2, 0) is 16.0 Å². The van der Waals surface area contributed by atoms with Crippen molar-refractivity contribution >= 4 is 5.97 Å². The Bertz CT molecular complexity index is 427. The van der Waals surface area contributed by atoms with Crippen molar-refractivity contribution in [3.05, 3.63) is 35.9 Å². The second kappa shape index (κ2) is 8.15. The molecule has 0 saturated carbocycles. The Balaban J connectivity index is 1.68. The number of carboxylic acid groups (broad SMARTS) is 1. The largest absolute Gasteiger partial charge is 0.480 e. The summed E-state index contributed by atoms with van der Waals surface area (Å²) in [4.78, 5) is 13.2. The van der Waals surface area contributed by atoms with Crippen LogP contribution in [0.4, 0.5) is 0 Å². The number of benzene rings is 1. The highest BCUT2D eigenvalue weighted by Crippen LogP contribution is 2.18. The summed E-state index contributed by atoms with van der Waals surface area (Å²) in [6.07, 6.45) is 3.73. The number of likely N-dealkylation sites (tertiary alicyclic amines) is 1. The van der Waals surface area contributed by atoms with Gasteiger partial charge in [0, 0.05) is 13.1 Å². The van der Waals surface area contributed by atoms with Crippen molar-refractivity contribution < 1.29 is 14.6 Å². The molecular weight excluding hydrogens is 266 g/mol. The molecule has 0 aliphatic carbocycles. The summed E-state index contributed by atoms with van der Waals surface area (Å²) in [6, 6.07) is 10.0. The zero-order chi connectivity index (χ0) is 15.1. The summed E-state index contributed by atoms with van der Waals surface area (Å²) in [6.45, 7) is 4.31. The quantitative estimate of drug-likeness (QED) is 0.839. The van der Waals surface area contributed by atoms with Gasteiger partial charge in [-0.25, -0.2) is 0 Å². The molecule has 4 nitrogen and oxygen atoms in total. The molecule has 0 bridgehead atoms. The first-order chi connectivity index (χ1) is 10.2. The van der Waals surface area contributed by atoms with E-state index in [-0.39, 0.29) is 12.1 Å². The van der Waals surface area contributed by atoms with Gasteiger partial charge in [0.2, 0.25) is 0 Å². The van der Waals surface area contributed by atoms with Crippen LogP contribution in [0.25, 0.3) is 0 Å². The van der Waals surface area contributed by atoms with Gasteiger partial charge in [0.15, 0.2) is 0 Å². The molecule has 1 saturated heterocycles. The monoisotopic (exact) mass is 291 g/mol. The van der Waals surface area contributed by atoms with Gasteiger partial charge in [0.25, 0.3) is 0 Å². The first kappa shape index (κ1) is 16.0. The maximum absolute atomic E-state index is 11.2. The molecule has 2 rings (SSSR count). The summed E-state index contributed by atoms with van der Waals surface area (Å²) in [7, 11) is 0. The van der Waals surface area contributed by atoms with Gasteiger partial charge >= 0.3 is 5.97 Å². The van der Waals surface area contributed by atoms with Crippen molar-refractivity contribution in [2.45, 2.75) is 44.8 Å². The Morgan fingerprint density at radius 1 is 1.33 bits per heavy atom. The molecule has 1 atom stereocenters. The lowest BCUT2D eigenvalue weighted by atomic mass is 10.0. The molecule has 1 aliphatic rings. The lowest BCUT2D eigenvalue weighted by Gasteiger charge is -2.35. The number of ether oxygens (including phenoxy) is 1. The van der Waals surface area contributed by atoms with Gasteiger partial charge in [-0.15, -0.1) is 0 Å². The van der Waals surface area contributed by atoms with Crippen molar-refractivity contribution in [3.8, 4) is 0 Å². The van der Waals surface area contributed by atoms with Crippen LogP contribution in [0.2, 0.25) is 0 Å². The molecule has 0 unspecified atom stereocenters. The third-order valence-electron chi connectivity index (χ3n) is 4.18. The molecule has 1 aliphatic heterocycles. The minimum absolute atomic E-state index is 0.274. The van der Waals surface area contributed by atoms with Crippen LogP contribution in [0.1, 0.15) is 31.7 Å². The predicted molar refractivity (Wildman–Crippen MR) is 82.4 cm³/mol. The SMILES string of the molecule is CC[C@@H](C(=O)O)N1CCC(OCCc2ccccc2)CC1. The molecule has 0 aromatic heterocycles. The first-order valence-corrected chi connectivity index (χ1v) is 7.83. The zero-order valence-electron chi connectivity index (χ0n) is 12.7. The molecule has 0 amide bonds. The topological polar surface area (TPSA) is 49.8 Å². The van der Waals surface area contributed by atoms with E-state index in [2.05, 4.69) is 17.0 Å². The minimum atomic E-state index is -0.707. The summed E-state index contributed by atoms with van der Waals surface area (Å²) in [5, 5.41) is 9.19. The number of hydrogen-bond donors (Lipinski definition) is 1. The van der Waals surface area contributed by atoms with Gasteiger partial charge in [-0.2, -0.15) is 0 Å². The number of nitrogens with zero attached hydrogens (tertiary/aromatic N) is 1. The van der Waals surface area contributed by atoms with E-state index >= 15 is 0 Å². The van der Waals surface area contributed by atoms with Crippen LogP contribution in [0.15, 0.2) is 30.3 Å². The van der Waals surface area contributed by atoms with Crippen molar-refractivity contribution in [3.63, 3.8) is 0 Å². The Hall–Kier alpha value is -1.39. The van der Waals surface area contributed by atoms with Gasteiger partial charge in [0.05, 0.1) is 12.7 Å². The summed E-state index contributed by atoms with van der Waals surface area (Å²) in [5.41, 5.74) is 1.30. The lowest BCUT2D eigenvalue weighted by molar-refractivity contribution is -0.144. The molecule has 116 valence electrons. The van der Waals surface area contributed by atoms with Crippen LogP contribution in [0.3, 0.4) is 0 Å². The third-order valence-corrected chi connectivity index (χ3v) is 4.18. The summed E-state index contributed by atoms with van der Waals surface area (Å²) in [5.74, 6) is -0.707. The van der Waals surface area contributed by atoms with E-state index in [0.29, 0.717) is 6.42 Å². The van der Waals surface area contributed by atoms with Crippen LogP contribution in [-0.4, -0.2) is 47.8 Å². The smallest absolute Gasteiger partial charge is 0.320 e. The summed E-state index contributed by atoms with van der Waals surface area (Å²) < 4.78 is 5.93. The summed E-state index contributed by atoms with van der Waals surface area (Å²) >= 11 is 0. The Labute approximate surface area is 126 Å². The maximum Gasteiger partial charge on any atom is 0.320 e. The van der Waals surface area contributed by atoms with Crippen LogP contribution >= 0.6 is 0 Å². The fourth-order valence-corrected chi connectivity index (χ4v) is 2.93. The fourth-order valence-electron chi connectivity index (χ4n) is 2.93. The molecule has 0 spiro atoms. The van der Waals surface area contributed by atoms with Crippen LogP contribution in [0.5, 0.6) is 0 Å². The van der Waals surface area contributed by atoms with Gasteiger partial charge in [-0.1, -0.05) is 37.3 Å². The van der Waals surface area contributed by atoms with Crippen molar-refractivity contribution in [1.29, 1.82) is 0 Å². The first-order valence-electron chi connectivity index (χ1n) is 7.83. The van der Waals surface area contributed by atoms with E-state index in [4.69, 9.17) is 4.74 Å². The van der Waals surface area contributed by atoms with Gasteiger partial charge in [-0.05, 0) is 31.2 Å². The molecule has 4 heteroatoms. The maximum atomic E-state index is 11.2. The molecule has 1 aromatic rings. The molecule has 1 fully saturated rings. The molecule has 1 heterocycles. The van der Waals surface area contributed by atoms with E-state index in [1.54, 1.807) is 0 Å². The van der Waals surface area contributed by atoms with E-state index in [1.807, 2.05) is 25.1 Å². The van der Waals surface area contributed by atoms with Crippen LogP contribution < -0.4 is 0 Å². The molecular formula is C17H25NO3. The number of rotatable bonds is 7. The number of piperidine rings is 1. The highest BCUT2D eigenvalue weighted by molar-refractivity contribution is 5.73. The lowest BCUT2D eigenvalue weighted by Crippen LogP contribution is -2.46. The van der Waals surface area contributed by atoms with E-state index in [9.17, 15) is 9.90 Å². The fraction of sp³-hybridized carbons (Fsp3) is 0.588. The second-order valence-corrected chi connectivity index (χ2v) is 5.60. The second-order valence-electron chi connectivity index (χ2n) is 5.60. The van der Waals surface area contributed by atoms with Crippen molar-refractivity contribution in [2.75, 3.05) is 19.7 Å². The van der Waals surface area contributed by atoms with Crippen molar-refractivity contribution in [1.82, 2.24) is 4.90 Å². The van der Waals surface area contributed by atoms with Gasteiger partial charge in [0.1, 0.15) is 6.04 Å². The molecule has 0 radical (unpaired) electrons. The Morgan fingerprint density at radius 3 is 2.57 bits per heavy atom. The van der Waals surface area contributed by atoms with Gasteiger partial charge in [-0.3, -0.25) is 9.69 Å².